The van der Waals surface area contributed by atoms with Crippen LogP contribution in [-0.2, 0) is 14.3 Å². The van der Waals surface area contributed by atoms with E-state index >= 15 is 0 Å². The van der Waals surface area contributed by atoms with E-state index in [1.165, 1.54) is 212 Å². The number of ether oxygens (including phenoxy) is 1. The second-order valence-electron chi connectivity index (χ2n) is 19.3. The van der Waals surface area contributed by atoms with Gasteiger partial charge in [-0.05, 0) is 77.0 Å². The first-order chi connectivity index (χ1) is 32.0. The highest BCUT2D eigenvalue weighted by Gasteiger charge is 2.18. The lowest BCUT2D eigenvalue weighted by Crippen LogP contribution is -2.45. The summed E-state index contributed by atoms with van der Waals surface area (Å²) in [6.07, 6.45) is 68.6. The van der Waals surface area contributed by atoms with Gasteiger partial charge < -0.3 is 20.3 Å². The summed E-state index contributed by atoms with van der Waals surface area (Å²) in [7, 11) is 0. The third-order valence-corrected chi connectivity index (χ3v) is 12.8. The minimum absolute atomic E-state index is 0.0439. The SMILES string of the molecule is CCCCCCCCC/C=C\CCCCCCCC(=O)OCC/C=C\C/C=C\CCCCCCCCCCCCCCCCC(=O)NC(CO)C(O)/C=C/CCCCCCCCCCC. The Hall–Kier alpha value is -2.18. The smallest absolute Gasteiger partial charge is 0.305 e. The maximum absolute atomic E-state index is 12.4. The number of hydrogen-bond donors (Lipinski definition) is 3. The summed E-state index contributed by atoms with van der Waals surface area (Å²) < 4.78 is 5.41. The van der Waals surface area contributed by atoms with Gasteiger partial charge in [-0.1, -0.05) is 249 Å². The number of nitrogens with one attached hydrogen (secondary N) is 1. The molecule has 0 spiro atoms. The first kappa shape index (κ1) is 62.8. The van der Waals surface area contributed by atoms with Gasteiger partial charge in [0.15, 0.2) is 0 Å². The van der Waals surface area contributed by atoms with Crippen LogP contribution in [0.1, 0.15) is 290 Å². The van der Waals surface area contributed by atoms with Crippen molar-refractivity contribution in [1.82, 2.24) is 5.32 Å². The van der Waals surface area contributed by atoms with Crippen LogP contribution in [0.25, 0.3) is 0 Å². The third kappa shape index (κ3) is 51.1. The Morgan fingerprint density at radius 1 is 0.431 bits per heavy atom. The molecule has 0 bridgehead atoms. The van der Waals surface area contributed by atoms with E-state index in [0.717, 1.165) is 51.4 Å². The van der Waals surface area contributed by atoms with Crippen LogP contribution in [0.15, 0.2) is 48.6 Å². The molecule has 0 aliphatic carbocycles. The van der Waals surface area contributed by atoms with Gasteiger partial charge in [0.1, 0.15) is 0 Å². The predicted molar refractivity (Wildman–Crippen MR) is 282 cm³/mol. The Balaban J connectivity index is 3.47. The molecule has 0 rings (SSSR count). The molecule has 2 unspecified atom stereocenters. The van der Waals surface area contributed by atoms with E-state index in [9.17, 15) is 19.8 Å². The number of esters is 1. The number of amides is 1. The number of rotatable bonds is 52. The molecule has 6 nitrogen and oxygen atoms in total. The average Bonchev–Trinajstić information content (AvgIpc) is 3.31. The van der Waals surface area contributed by atoms with E-state index in [1.807, 2.05) is 6.08 Å². The summed E-state index contributed by atoms with van der Waals surface area (Å²) in [4.78, 5) is 24.4. The van der Waals surface area contributed by atoms with Gasteiger partial charge in [0.2, 0.25) is 5.91 Å². The van der Waals surface area contributed by atoms with Crippen LogP contribution in [0, 0.1) is 0 Å². The van der Waals surface area contributed by atoms with Gasteiger partial charge in [0, 0.05) is 12.8 Å². The fraction of sp³-hybridized carbons (Fsp3) is 0.831. The van der Waals surface area contributed by atoms with E-state index in [2.05, 4.69) is 55.6 Å². The van der Waals surface area contributed by atoms with E-state index in [-0.39, 0.29) is 18.5 Å². The van der Waals surface area contributed by atoms with Crippen molar-refractivity contribution in [1.29, 1.82) is 0 Å². The lowest BCUT2D eigenvalue weighted by Gasteiger charge is -2.20. The summed E-state index contributed by atoms with van der Waals surface area (Å²) >= 11 is 0. The topological polar surface area (TPSA) is 95.9 Å². The van der Waals surface area contributed by atoms with Crippen LogP contribution in [0.4, 0.5) is 0 Å². The summed E-state index contributed by atoms with van der Waals surface area (Å²) in [5, 5.41) is 23.0. The molecule has 65 heavy (non-hydrogen) atoms. The Bertz CT molecular complexity index is 1100. The Labute approximate surface area is 404 Å². The van der Waals surface area contributed by atoms with Crippen LogP contribution in [-0.4, -0.2) is 47.4 Å². The highest BCUT2D eigenvalue weighted by Crippen LogP contribution is 2.16. The maximum atomic E-state index is 12.4. The first-order valence-electron chi connectivity index (χ1n) is 28.4. The van der Waals surface area contributed by atoms with Crippen molar-refractivity contribution in [2.24, 2.45) is 0 Å². The number of carbonyl (C=O) groups is 2. The lowest BCUT2D eigenvalue weighted by molar-refractivity contribution is -0.143. The molecular formula is C59H109NO5. The van der Waals surface area contributed by atoms with Crippen LogP contribution < -0.4 is 5.32 Å². The molecule has 0 aliphatic heterocycles. The second kappa shape index (κ2) is 54.4. The molecule has 0 heterocycles. The van der Waals surface area contributed by atoms with Crippen molar-refractivity contribution in [3.8, 4) is 0 Å². The van der Waals surface area contributed by atoms with Crippen molar-refractivity contribution < 1.29 is 24.5 Å². The Morgan fingerprint density at radius 2 is 0.769 bits per heavy atom. The van der Waals surface area contributed by atoms with Gasteiger partial charge >= 0.3 is 5.97 Å². The molecule has 0 aromatic heterocycles. The van der Waals surface area contributed by atoms with Gasteiger partial charge in [-0.2, -0.15) is 0 Å². The molecule has 0 saturated carbocycles. The third-order valence-electron chi connectivity index (χ3n) is 12.8. The molecule has 0 aromatic carbocycles. The lowest BCUT2D eigenvalue weighted by atomic mass is 10.0. The molecule has 0 aromatic rings. The number of allylic oxidation sites excluding steroid dienone is 6. The average molecular weight is 913 g/mol. The van der Waals surface area contributed by atoms with Gasteiger partial charge in [-0.25, -0.2) is 0 Å². The molecule has 0 radical (unpaired) electrons. The Morgan fingerprint density at radius 3 is 1.18 bits per heavy atom. The number of hydrogen-bond acceptors (Lipinski definition) is 5. The quantitative estimate of drug-likeness (QED) is 0.0321. The summed E-state index contributed by atoms with van der Waals surface area (Å²) in [5.41, 5.74) is 0. The molecule has 2 atom stereocenters. The highest BCUT2D eigenvalue weighted by atomic mass is 16.5. The molecule has 3 N–H and O–H groups in total. The maximum Gasteiger partial charge on any atom is 0.305 e. The van der Waals surface area contributed by atoms with Crippen molar-refractivity contribution >= 4 is 11.9 Å². The first-order valence-corrected chi connectivity index (χ1v) is 28.4. The Kier molecular flexibility index (Phi) is 52.6. The predicted octanol–water partition coefficient (Wildman–Crippen LogP) is 17.4. The van der Waals surface area contributed by atoms with Crippen LogP contribution in [0.3, 0.4) is 0 Å². The van der Waals surface area contributed by atoms with Crippen LogP contribution in [0.5, 0.6) is 0 Å². The van der Waals surface area contributed by atoms with Crippen molar-refractivity contribution in [3.63, 3.8) is 0 Å². The minimum atomic E-state index is -0.847. The zero-order valence-corrected chi connectivity index (χ0v) is 43.2. The molecule has 0 aliphatic rings. The van der Waals surface area contributed by atoms with Crippen molar-refractivity contribution in [2.75, 3.05) is 13.2 Å². The molecule has 0 fully saturated rings. The van der Waals surface area contributed by atoms with Gasteiger partial charge in [-0.15, -0.1) is 0 Å². The van der Waals surface area contributed by atoms with Crippen LogP contribution >= 0.6 is 0 Å². The van der Waals surface area contributed by atoms with E-state index < -0.39 is 12.1 Å². The van der Waals surface area contributed by atoms with E-state index in [1.54, 1.807) is 6.08 Å². The molecular weight excluding hydrogens is 803 g/mol. The zero-order valence-electron chi connectivity index (χ0n) is 43.2. The number of aliphatic hydroxyl groups excluding tert-OH is 2. The molecule has 6 heteroatoms. The monoisotopic (exact) mass is 912 g/mol. The molecule has 1 amide bonds. The number of aliphatic hydroxyl groups is 2. The highest BCUT2D eigenvalue weighted by molar-refractivity contribution is 5.76. The number of unbranched alkanes of at least 4 members (excludes halogenated alkanes) is 35. The summed E-state index contributed by atoms with van der Waals surface area (Å²) in [5.74, 6) is -0.119. The van der Waals surface area contributed by atoms with E-state index in [0.29, 0.717) is 19.4 Å². The van der Waals surface area contributed by atoms with Gasteiger partial charge in [0.25, 0.3) is 0 Å². The molecule has 380 valence electrons. The standard InChI is InChI=1S/C59H109NO5/c1-3-5-7-9-11-13-15-16-17-26-29-33-37-41-45-49-53-59(64)65-54-50-46-42-38-34-30-27-24-22-20-18-19-21-23-25-28-32-36-40-44-48-52-58(63)60-56(55-61)57(62)51-47-43-39-35-31-14-12-10-8-6-4-2/h17,26,30,34,42,46-47,51,56-57,61-62H,3-16,18-25,27-29,31-33,35-41,43-45,48-50,52-55H2,1-2H3,(H,60,63)/b26-17-,34-30-,46-42-,51-47+. The minimum Gasteiger partial charge on any atom is -0.465 e. The van der Waals surface area contributed by atoms with Crippen molar-refractivity contribution in [3.05, 3.63) is 48.6 Å². The summed E-state index contributed by atoms with van der Waals surface area (Å²) in [6, 6.07) is -0.631. The van der Waals surface area contributed by atoms with Gasteiger partial charge in [-0.3, -0.25) is 9.59 Å². The van der Waals surface area contributed by atoms with Crippen molar-refractivity contribution in [2.45, 2.75) is 302 Å². The molecule has 0 saturated heterocycles. The van der Waals surface area contributed by atoms with Crippen LogP contribution in [0.2, 0.25) is 0 Å². The van der Waals surface area contributed by atoms with E-state index in [4.69, 9.17) is 4.74 Å². The fourth-order valence-corrected chi connectivity index (χ4v) is 8.47. The normalized spacial score (nSPS) is 13.0. The zero-order chi connectivity index (χ0) is 47.2. The van der Waals surface area contributed by atoms with Gasteiger partial charge in [0.05, 0.1) is 25.4 Å². The largest absolute Gasteiger partial charge is 0.465 e. The number of carbonyl (C=O) groups excluding carboxylic acids is 2. The second-order valence-corrected chi connectivity index (χ2v) is 19.3. The summed E-state index contributed by atoms with van der Waals surface area (Å²) in [6.45, 7) is 4.77. The fourth-order valence-electron chi connectivity index (χ4n) is 8.47.